The van der Waals surface area contributed by atoms with Crippen molar-refractivity contribution < 1.29 is 19.1 Å². The molecule has 0 aromatic rings. The van der Waals surface area contributed by atoms with Crippen molar-refractivity contribution in [3.05, 3.63) is 10.6 Å². The van der Waals surface area contributed by atoms with Crippen molar-refractivity contribution in [2.75, 3.05) is 7.11 Å². The number of halogens is 1. The largest absolute Gasteiger partial charge is 0.469 e. The molecule has 0 spiro atoms. The summed E-state index contributed by atoms with van der Waals surface area (Å²) < 4.78 is 11.0. The summed E-state index contributed by atoms with van der Waals surface area (Å²) in [5, 5.41) is 0. The smallest absolute Gasteiger partial charge is 0.329 e. The number of ether oxygens (including phenoxy) is 2. The standard InChI is InChI=1S/C14H17BrO4Si/c1-18-12(16)9-7-11-10(15)8-14(9,13(17)19-11)5-6-20(2,3)4/h8-9,11H,7H2,1-4H3/t9-,11+,14+/m1/s1. The quantitative estimate of drug-likeness (QED) is 0.410. The Morgan fingerprint density at radius 2 is 2.20 bits per heavy atom. The van der Waals surface area contributed by atoms with Crippen LogP contribution >= 0.6 is 15.9 Å². The molecule has 2 aliphatic heterocycles. The lowest BCUT2D eigenvalue weighted by Gasteiger charge is -2.43. The molecule has 0 aromatic heterocycles. The predicted octanol–water partition coefficient (Wildman–Crippen LogP) is 2.25. The van der Waals surface area contributed by atoms with Gasteiger partial charge >= 0.3 is 11.9 Å². The third-order valence-corrected chi connectivity index (χ3v) is 5.00. The van der Waals surface area contributed by atoms with Crippen LogP contribution < -0.4 is 0 Å². The van der Waals surface area contributed by atoms with Gasteiger partial charge in [0.15, 0.2) is 5.41 Å². The first-order chi connectivity index (χ1) is 9.19. The second-order valence-corrected chi connectivity index (χ2v) is 11.8. The van der Waals surface area contributed by atoms with E-state index in [9.17, 15) is 9.59 Å². The van der Waals surface area contributed by atoms with Gasteiger partial charge in [-0.1, -0.05) is 41.5 Å². The SMILES string of the molecule is COC(=O)[C@H]1C[C@@H]2OC(=O)[C@@]1(C#C[Si](C)(C)C)C=C2Br. The Bertz CT molecular complexity index is 552. The summed E-state index contributed by atoms with van der Waals surface area (Å²) in [7, 11) is -0.351. The fraction of sp³-hybridized carbons (Fsp3) is 0.571. The summed E-state index contributed by atoms with van der Waals surface area (Å²) in [6.07, 6.45) is 1.74. The number of hydrogen-bond acceptors (Lipinski definition) is 4. The third-order valence-electron chi connectivity index (χ3n) is 3.39. The first kappa shape index (κ1) is 15.3. The van der Waals surface area contributed by atoms with Crippen molar-refractivity contribution in [1.29, 1.82) is 0 Å². The van der Waals surface area contributed by atoms with Gasteiger partial charge < -0.3 is 9.47 Å². The molecule has 4 nitrogen and oxygen atoms in total. The van der Waals surface area contributed by atoms with Gasteiger partial charge in [-0.25, -0.2) is 0 Å². The van der Waals surface area contributed by atoms with Gasteiger partial charge in [0.1, 0.15) is 14.2 Å². The Balaban J connectivity index is 2.54. The molecule has 2 heterocycles. The number of carbonyl (C=O) groups is 2. The summed E-state index contributed by atoms with van der Waals surface area (Å²) in [6.45, 7) is 6.26. The van der Waals surface area contributed by atoms with Gasteiger partial charge in [0.2, 0.25) is 0 Å². The van der Waals surface area contributed by atoms with Crippen molar-refractivity contribution in [1.82, 2.24) is 0 Å². The minimum atomic E-state index is -1.68. The number of carbonyl (C=O) groups excluding carboxylic acids is 2. The molecule has 0 amide bonds. The van der Waals surface area contributed by atoms with E-state index in [2.05, 4.69) is 47.0 Å². The van der Waals surface area contributed by atoms with E-state index in [4.69, 9.17) is 9.47 Å². The molecule has 20 heavy (non-hydrogen) atoms. The number of esters is 2. The molecule has 108 valence electrons. The van der Waals surface area contributed by atoms with Crippen LogP contribution in [0.15, 0.2) is 10.6 Å². The van der Waals surface area contributed by atoms with Crippen LogP contribution in [0.5, 0.6) is 0 Å². The molecule has 3 aliphatic rings. The highest BCUT2D eigenvalue weighted by molar-refractivity contribution is 9.11. The number of rotatable bonds is 1. The van der Waals surface area contributed by atoms with Gasteiger partial charge in [0.05, 0.1) is 13.0 Å². The minimum Gasteiger partial charge on any atom is -0.469 e. The van der Waals surface area contributed by atoms with Crippen LogP contribution in [0.2, 0.25) is 19.6 Å². The summed E-state index contributed by atoms with van der Waals surface area (Å²) in [5.74, 6) is 1.59. The van der Waals surface area contributed by atoms with E-state index >= 15 is 0 Å². The van der Waals surface area contributed by atoms with Gasteiger partial charge in [-0.05, 0) is 6.08 Å². The highest BCUT2D eigenvalue weighted by Gasteiger charge is 2.58. The van der Waals surface area contributed by atoms with Crippen LogP contribution in [0.25, 0.3) is 0 Å². The first-order valence-electron chi connectivity index (χ1n) is 6.41. The molecule has 0 unspecified atom stereocenters. The lowest BCUT2D eigenvalue weighted by atomic mass is 9.67. The third kappa shape index (κ3) is 2.57. The maximum absolute atomic E-state index is 12.3. The monoisotopic (exact) mass is 356 g/mol. The van der Waals surface area contributed by atoms with Gasteiger partial charge in [-0.15, -0.1) is 5.54 Å². The molecular formula is C14H17BrO4Si. The number of fused-ring (bicyclic) bond motifs is 2. The maximum Gasteiger partial charge on any atom is 0.329 e. The normalized spacial score (nSPS) is 31.9. The van der Waals surface area contributed by atoms with Gasteiger partial charge in [-0.3, -0.25) is 9.59 Å². The zero-order valence-electron chi connectivity index (χ0n) is 12.0. The van der Waals surface area contributed by atoms with Crippen LogP contribution in [0.1, 0.15) is 6.42 Å². The molecule has 0 aromatic carbocycles. The summed E-state index contributed by atoms with van der Waals surface area (Å²) in [4.78, 5) is 24.3. The van der Waals surface area contributed by atoms with Crippen LogP contribution in [-0.4, -0.2) is 33.2 Å². The molecule has 6 heteroatoms. The van der Waals surface area contributed by atoms with Crippen molar-refractivity contribution in [3.63, 3.8) is 0 Å². The highest BCUT2D eigenvalue weighted by Crippen LogP contribution is 2.48. The number of methoxy groups -OCH3 is 1. The van der Waals surface area contributed by atoms with Crippen LogP contribution in [-0.2, 0) is 19.1 Å². The Hall–Kier alpha value is -1.06. The van der Waals surface area contributed by atoms with Crippen LogP contribution in [0, 0.1) is 22.8 Å². The van der Waals surface area contributed by atoms with Crippen molar-refractivity contribution >= 4 is 35.9 Å². The topological polar surface area (TPSA) is 52.6 Å². The Morgan fingerprint density at radius 1 is 1.55 bits per heavy atom. The van der Waals surface area contributed by atoms with Crippen LogP contribution in [0.4, 0.5) is 0 Å². The van der Waals surface area contributed by atoms with Gasteiger partial charge in [0.25, 0.3) is 0 Å². The molecule has 0 radical (unpaired) electrons. The highest BCUT2D eigenvalue weighted by atomic mass is 79.9. The minimum absolute atomic E-state index is 0.401. The van der Waals surface area contributed by atoms with Gasteiger partial charge in [0, 0.05) is 10.9 Å². The van der Waals surface area contributed by atoms with E-state index in [0.29, 0.717) is 6.42 Å². The lowest BCUT2D eigenvalue weighted by Crippen LogP contribution is -2.53. The zero-order chi connectivity index (χ0) is 15.1. The molecule has 2 bridgehead atoms. The Kier molecular flexibility index (Phi) is 3.87. The van der Waals surface area contributed by atoms with E-state index in [1.165, 1.54) is 7.11 Å². The molecule has 0 N–H and O–H groups in total. The zero-order valence-corrected chi connectivity index (χ0v) is 14.5. The first-order valence-corrected chi connectivity index (χ1v) is 10.7. The summed E-state index contributed by atoms with van der Waals surface area (Å²) in [5.41, 5.74) is 1.98. The van der Waals surface area contributed by atoms with E-state index in [0.717, 1.165) is 4.48 Å². The molecule has 1 saturated heterocycles. The molecule has 0 saturated carbocycles. The second kappa shape index (κ2) is 5.04. The molecule has 1 aliphatic carbocycles. The van der Waals surface area contributed by atoms with E-state index in [-0.39, 0.29) is 0 Å². The Morgan fingerprint density at radius 3 is 2.75 bits per heavy atom. The summed E-state index contributed by atoms with van der Waals surface area (Å²) in [6, 6.07) is 0. The molecule has 1 fully saturated rings. The predicted molar refractivity (Wildman–Crippen MR) is 80.6 cm³/mol. The van der Waals surface area contributed by atoms with E-state index in [1.807, 2.05) is 0 Å². The number of hydrogen-bond donors (Lipinski definition) is 0. The fourth-order valence-electron chi connectivity index (χ4n) is 2.35. The van der Waals surface area contributed by atoms with E-state index in [1.54, 1.807) is 6.08 Å². The van der Waals surface area contributed by atoms with Crippen molar-refractivity contribution in [2.24, 2.45) is 11.3 Å². The Labute approximate surface area is 128 Å². The second-order valence-electron chi connectivity index (χ2n) is 6.10. The van der Waals surface area contributed by atoms with Gasteiger partial charge in [-0.2, -0.15) is 0 Å². The molecular weight excluding hydrogens is 340 g/mol. The average molecular weight is 357 g/mol. The lowest BCUT2D eigenvalue weighted by molar-refractivity contribution is -0.176. The van der Waals surface area contributed by atoms with Crippen molar-refractivity contribution in [3.8, 4) is 11.5 Å². The fourth-order valence-corrected chi connectivity index (χ4v) is 3.57. The molecule has 3 atom stereocenters. The molecule has 3 rings (SSSR count). The van der Waals surface area contributed by atoms with E-state index < -0.39 is 37.4 Å². The maximum atomic E-state index is 12.3. The van der Waals surface area contributed by atoms with Crippen molar-refractivity contribution in [2.45, 2.75) is 32.2 Å². The van der Waals surface area contributed by atoms with Crippen LogP contribution in [0.3, 0.4) is 0 Å². The summed E-state index contributed by atoms with van der Waals surface area (Å²) >= 11 is 3.40. The average Bonchev–Trinajstić information content (AvgIpc) is 2.36.